The van der Waals surface area contributed by atoms with Crippen LogP contribution in [0.4, 0.5) is 0 Å². The highest BCUT2D eigenvalue weighted by molar-refractivity contribution is 6.02. The van der Waals surface area contributed by atoms with Crippen molar-refractivity contribution in [2.24, 2.45) is 23.7 Å². The zero-order valence-electron chi connectivity index (χ0n) is 22.1. The van der Waals surface area contributed by atoms with Crippen molar-refractivity contribution in [3.63, 3.8) is 0 Å². The first-order chi connectivity index (χ1) is 18.3. The van der Waals surface area contributed by atoms with E-state index in [0.717, 1.165) is 43.0 Å². The maximum atomic E-state index is 13.8. The van der Waals surface area contributed by atoms with Gasteiger partial charge in [-0.15, -0.1) is 0 Å². The van der Waals surface area contributed by atoms with Crippen LogP contribution in [0.3, 0.4) is 0 Å². The topological polar surface area (TPSA) is 129 Å². The van der Waals surface area contributed by atoms with E-state index in [9.17, 15) is 24.3 Å². The number of likely N-dealkylation sites (tertiary alicyclic amines) is 1. The van der Waals surface area contributed by atoms with Crippen LogP contribution in [0.25, 0.3) is 10.9 Å². The Labute approximate surface area is 222 Å². The van der Waals surface area contributed by atoms with E-state index >= 15 is 0 Å². The Hall–Kier alpha value is -3.20. The molecule has 5 rings (SSSR count). The van der Waals surface area contributed by atoms with Crippen molar-refractivity contribution in [3.05, 3.63) is 30.0 Å². The number of aliphatic hydroxyl groups excluding tert-OH is 1. The average Bonchev–Trinajstić information content (AvgIpc) is 3.63. The van der Waals surface area contributed by atoms with Crippen molar-refractivity contribution in [1.82, 2.24) is 15.2 Å². The fraction of sp³-hybridized carbons (Fsp3) is 0.586. The van der Waals surface area contributed by atoms with E-state index in [1.54, 1.807) is 18.1 Å². The number of aromatic nitrogens is 1. The number of ether oxygens (including phenoxy) is 1. The highest BCUT2D eigenvalue weighted by Gasteiger charge is 2.50. The number of carbonyl (C=O) groups is 4. The number of nitrogens with zero attached hydrogens (tertiary/aromatic N) is 1. The first-order valence-corrected chi connectivity index (χ1v) is 13.8. The molecule has 2 aliphatic carbocycles. The van der Waals surface area contributed by atoms with Crippen LogP contribution >= 0.6 is 0 Å². The molecular weight excluding hydrogens is 486 g/mol. The summed E-state index contributed by atoms with van der Waals surface area (Å²) in [5.74, 6) is -0.373. The fourth-order valence-corrected chi connectivity index (χ4v) is 6.98. The molecule has 0 bridgehead atoms. The predicted octanol–water partition coefficient (Wildman–Crippen LogP) is 2.86. The third kappa shape index (κ3) is 4.84. The average molecular weight is 524 g/mol. The number of hydrogen-bond acceptors (Lipinski definition) is 6. The van der Waals surface area contributed by atoms with Crippen molar-refractivity contribution in [3.8, 4) is 5.75 Å². The third-order valence-electron chi connectivity index (χ3n) is 9.03. The predicted molar refractivity (Wildman–Crippen MR) is 141 cm³/mol. The van der Waals surface area contributed by atoms with Crippen LogP contribution in [-0.4, -0.2) is 70.7 Å². The summed E-state index contributed by atoms with van der Waals surface area (Å²) in [5.41, 5.74) is 1.15. The summed E-state index contributed by atoms with van der Waals surface area (Å²) in [6.07, 6.45) is 5.18. The Morgan fingerprint density at radius 2 is 2.03 bits per heavy atom. The number of nitrogens with one attached hydrogen (secondary N) is 2. The number of ketones is 2. The lowest BCUT2D eigenvalue weighted by Gasteiger charge is -2.32. The molecule has 0 spiro atoms. The van der Waals surface area contributed by atoms with E-state index in [1.807, 2.05) is 25.1 Å². The molecular formula is C29H37N3O6. The highest BCUT2D eigenvalue weighted by Crippen LogP contribution is 2.43. The monoisotopic (exact) mass is 523 g/mol. The van der Waals surface area contributed by atoms with Gasteiger partial charge in [-0.05, 0) is 68.1 Å². The smallest absolute Gasteiger partial charge is 0.271 e. The Morgan fingerprint density at radius 3 is 2.76 bits per heavy atom. The van der Waals surface area contributed by atoms with Crippen molar-refractivity contribution in [1.29, 1.82) is 0 Å². The molecule has 3 N–H and O–H groups in total. The molecule has 0 unspecified atom stereocenters. The molecule has 9 heteroatoms. The van der Waals surface area contributed by atoms with Gasteiger partial charge in [0.2, 0.25) is 5.91 Å². The zero-order valence-corrected chi connectivity index (χ0v) is 22.1. The maximum absolute atomic E-state index is 13.8. The lowest BCUT2D eigenvalue weighted by Crippen LogP contribution is -2.54. The number of H-pyrrole nitrogens is 1. The molecule has 1 aromatic heterocycles. The molecule has 9 nitrogen and oxygen atoms in total. The standard InChI is InChI=1S/C29H37N3O6/c1-16-6-3-10-24(34)19(16)12-22(25(35)15-33)31-28(36)27-18-8-4-7-17(18)14-32(27)29(37)23-13-20-21(30-23)9-5-11-26(20)38-2/h5,9,11,13,16-19,22,27,30,33H,3-4,6-8,10,12,14-15H2,1-2H3,(H,31,36)/t16-,17-,18-,19+,22-,27-/m0/s1. The summed E-state index contributed by atoms with van der Waals surface area (Å²) >= 11 is 0. The molecule has 2 heterocycles. The first-order valence-electron chi connectivity index (χ1n) is 13.8. The molecule has 1 aliphatic heterocycles. The Balaban J connectivity index is 1.39. The van der Waals surface area contributed by atoms with Crippen LogP contribution in [0.1, 0.15) is 62.4 Å². The number of rotatable bonds is 8. The number of aromatic amines is 1. The second-order valence-electron chi connectivity index (χ2n) is 11.2. The SMILES string of the molecule is COc1cccc2[nH]c(C(=O)N3C[C@@H]4CCC[C@@H]4[C@H]3C(=O)N[C@@H](C[C@H]3C(=O)CCC[C@@H]3C)C(=O)CO)cc12. The van der Waals surface area contributed by atoms with Crippen LogP contribution in [0.5, 0.6) is 5.75 Å². The molecule has 2 saturated carbocycles. The number of hydrogen-bond donors (Lipinski definition) is 3. The van der Waals surface area contributed by atoms with Crippen molar-refractivity contribution in [2.45, 2.75) is 64.0 Å². The molecule has 6 atom stereocenters. The van der Waals surface area contributed by atoms with Crippen molar-refractivity contribution in [2.75, 3.05) is 20.3 Å². The van der Waals surface area contributed by atoms with E-state index in [4.69, 9.17) is 4.74 Å². The van der Waals surface area contributed by atoms with Gasteiger partial charge >= 0.3 is 0 Å². The van der Waals surface area contributed by atoms with Crippen LogP contribution in [-0.2, 0) is 14.4 Å². The normalized spacial score (nSPS) is 27.8. The van der Waals surface area contributed by atoms with Gasteiger partial charge in [-0.3, -0.25) is 19.2 Å². The molecule has 3 fully saturated rings. The third-order valence-corrected chi connectivity index (χ3v) is 9.03. The van der Waals surface area contributed by atoms with Gasteiger partial charge in [0.15, 0.2) is 5.78 Å². The highest BCUT2D eigenvalue weighted by atomic mass is 16.5. The van der Waals surface area contributed by atoms with Crippen molar-refractivity contribution < 1.29 is 29.0 Å². The molecule has 2 amide bonds. The summed E-state index contributed by atoms with van der Waals surface area (Å²) in [5, 5.41) is 13.3. The fourth-order valence-electron chi connectivity index (χ4n) is 6.98. The molecule has 2 aromatic rings. The van der Waals surface area contributed by atoms with Gasteiger partial charge in [-0.1, -0.05) is 19.4 Å². The summed E-state index contributed by atoms with van der Waals surface area (Å²) in [6, 6.07) is 5.63. The summed E-state index contributed by atoms with van der Waals surface area (Å²) in [7, 11) is 1.58. The van der Waals surface area contributed by atoms with Crippen LogP contribution < -0.4 is 10.1 Å². The van der Waals surface area contributed by atoms with Crippen LogP contribution in [0.15, 0.2) is 24.3 Å². The quantitative estimate of drug-likeness (QED) is 0.488. The van der Waals surface area contributed by atoms with E-state index in [2.05, 4.69) is 10.3 Å². The van der Waals surface area contributed by atoms with Crippen LogP contribution in [0.2, 0.25) is 0 Å². The number of fused-ring (bicyclic) bond motifs is 2. The molecule has 1 aromatic carbocycles. The van der Waals surface area contributed by atoms with Gasteiger partial charge in [-0.25, -0.2) is 0 Å². The van der Waals surface area contributed by atoms with E-state index in [0.29, 0.717) is 24.4 Å². The van der Waals surface area contributed by atoms with E-state index in [-0.39, 0.29) is 47.7 Å². The maximum Gasteiger partial charge on any atom is 0.271 e. The van der Waals surface area contributed by atoms with E-state index in [1.165, 1.54) is 0 Å². The minimum atomic E-state index is -0.961. The molecule has 3 aliphatic rings. The van der Waals surface area contributed by atoms with Gasteiger partial charge in [0.1, 0.15) is 29.9 Å². The minimum absolute atomic E-state index is 0.0120. The summed E-state index contributed by atoms with van der Waals surface area (Å²) in [4.78, 5) is 57.7. The Kier molecular flexibility index (Phi) is 7.56. The molecule has 0 radical (unpaired) electrons. The molecule has 204 valence electrons. The number of carbonyl (C=O) groups excluding carboxylic acids is 4. The number of aliphatic hydroxyl groups is 1. The van der Waals surface area contributed by atoms with Gasteiger partial charge in [0.05, 0.1) is 13.2 Å². The molecule has 38 heavy (non-hydrogen) atoms. The lowest BCUT2D eigenvalue weighted by atomic mass is 9.75. The van der Waals surface area contributed by atoms with Crippen LogP contribution in [0, 0.1) is 23.7 Å². The Morgan fingerprint density at radius 1 is 1.21 bits per heavy atom. The largest absolute Gasteiger partial charge is 0.496 e. The minimum Gasteiger partial charge on any atom is -0.496 e. The van der Waals surface area contributed by atoms with E-state index < -0.39 is 24.5 Å². The van der Waals surface area contributed by atoms with Gasteiger partial charge < -0.3 is 25.0 Å². The first kappa shape index (κ1) is 26.4. The zero-order chi connectivity index (χ0) is 27.0. The number of methoxy groups -OCH3 is 1. The van der Waals surface area contributed by atoms with Crippen molar-refractivity contribution >= 4 is 34.3 Å². The number of Topliss-reactive ketones (excluding diaryl/α,β-unsaturated/α-hetero) is 2. The van der Waals surface area contributed by atoms with Gasteiger partial charge in [0.25, 0.3) is 5.91 Å². The molecule has 1 saturated heterocycles. The Bertz CT molecular complexity index is 1240. The lowest BCUT2D eigenvalue weighted by molar-refractivity contribution is -0.134. The van der Waals surface area contributed by atoms with Gasteiger partial charge in [-0.2, -0.15) is 0 Å². The number of benzene rings is 1. The van der Waals surface area contributed by atoms with Gasteiger partial charge in [0, 0.05) is 29.8 Å². The second kappa shape index (κ2) is 10.9. The summed E-state index contributed by atoms with van der Waals surface area (Å²) in [6.45, 7) is 1.77. The number of amides is 2. The second-order valence-corrected chi connectivity index (χ2v) is 11.2. The summed E-state index contributed by atoms with van der Waals surface area (Å²) < 4.78 is 5.43.